The van der Waals surface area contributed by atoms with Gasteiger partial charge in [-0.1, -0.05) is 5.16 Å². The Morgan fingerprint density at radius 2 is 1.84 bits per heavy atom. The topological polar surface area (TPSA) is 110 Å². The molecular formula is C24H22F3N7O3. The van der Waals surface area contributed by atoms with Crippen LogP contribution < -0.4 is 10.3 Å². The molecule has 4 aromatic heterocycles. The largest absolute Gasteiger partial charge is 0.471 e. The quantitative estimate of drug-likeness (QED) is 0.409. The average Bonchev–Trinajstić information content (AvgIpc) is 3.40. The molecule has 0 N–H and O–H groups in total. The number of fused-ring (bicyclic) bond motifs is 1. The van der Waals surface area contributed by atoms with Crippen molar-refractivity contribution in [1.82, 2.24) is 29.6 Å². The number of piperazine rings is 1. The Bertz CT molecular complexity index is 1520. The summed E-state index contributed by atoms with van der Waals surface area (Å²) < 4.78 is 44.2. The first kappa shape index (κ1) is 24.4. The molecule has 10 nitrogen and oxygen atoms in total. The predicted molar refractivity (Wildman–Crippen MR) is 127 cm³/mol. The Kier molecular flexibility index (Phi) is 6.13. The van der Waals surface area contributed by atoms with Crippen LogP contribution in [0.2, 0.25) is 0 Å². The number of alkyl halides is 3. The summed E-state index contributed by atoms with van der Waals surface area (Å²) in [4.78, 5) is 42.1. The van der Waals surface area contributed by atoms with Gasteiger partial charge in [0.1, 0.15) is 17.0 Å². The summed E-state index contributed by atoms with van der Waals surface area (Å²) in [6.45, 7) is 6.01. The van der Waals surface area contributed by atoms with Crippen LogP contribution in [0.3, 0.4) is 0 Å². The third-order valence-electron chi connectivity index (χ3n) is 6.20. The summed E-state index contributed by atoms with van der Waals surface area (Å²) in [5.74, 6) is -1.37. The number of halogens is 3. The minimum Gasteiger partial charge on any atom is -0.353 e. The van der Waals surface area contributed by atoms with E-state index in [1.165, 1.54) is 6.20 Å². The zero-order valence-electron chi connectivity index (χ0n) is 20.0. The number of nitrogens with zero attached hydrogens (tertiary/aromatic N) is 7. The van der Waals surface area contributed by atoms with Crippen molar-refractivity contribution in [3.8, 4) is 11.4 Å². The van der Waals surface area contributed by atoms with Crippen LogP contribution in [0.4, 0.5) is 19.0 Å². The average molecular weight is 513 g/mol. The van der Waals surface area contributed by atoms with Gasteiger partial charge in [0.2, 0.25) is 11.3 Å². The predicted octanol–water partition coefficient (Wildman–Crippen LogP) is 3.15. The molecule has 0 bridgehead atoms. The molecule has 4 aromatic rings. The van der Waals surface area contributed by atoms with Gasteiger partial charge in [-0.15, -0.1) is 0 Å². The fourth-order valence-electron chi connectivity index (χ4n) is 4.22. The molecule has 1 fully saturated rings. The molecular weight excluding hydrogens is 491 g/mol. The van der Waals surface area contributed by atoms with Crippen molar-refractivity contribution in [2.75, 3.05) is 31.1 Å². The van der Waals surface area contributed by atoms with Crippen LogP contribution in [-0.4, -0.2) is 61.7 Å². The molecule has 37 heavy (non-hydrogen) atoms. The zero-order chi connectivity index (χ0) is 26.3. The molecule has 0 unspecified atom stereocenters. The van der Waals surface area contributed by atoms with Crippen molar-refractivity contribution in [3.63, 3.8) is 0 Å². The van der Waals surface area contributed by atoms with E-state index < -0.39 is 12.1 Å². The maximum Gasteiger partial charge on any atom is 0.471 e. The van der Waals surface area contributed by atoms with Gasteiger partial charge < -0.3 is 18.9 Å². The van der Waals surface area contributed by atoms with Gasteiger partial charge in [-0.3, -0.25) is 9.59 Å². The van der Waals surface area contributed by atoms with Crippen LogP contribution in [-0.2, 0) is 12.7 Å². The second-order valence-electron chi connectivity index (χ2n) is 8.59. The van der Waals surface area contributed by atoms with Crippen LogP contribution in [0.1, 0.15) is 28.9 Å². The summed E-state index contributed by atoms with van der Waals surface area (Å²) in [7, 11) is 0. The number of carbonyl (C=O) groups excluding carboxylic acids is 1. The lowest BCUT2D eigenvalue weighted by Gasteiger charge is -2.35. The number of pyridine rings is 3. The second-order valence-corrected chi connectivity index (χ2v) is 8.59. The van der Waals surface area contributed by atoms with E-state index in [0.717, 1.165) is 5.69 Å². The van der Waals surface area contributed by atoms with Gasteiger partial charge >= 0.3 is 12.1 Å². The molecule has 1 amide bonds. The molecule has 13 heteroatoms. The first-order chi connectivity index (χ1) is 17.7. The first-order valence-electron chi connectivity index (χ1n) is 11.6. The second kappa shape index (κ2) is 9.30. The number of aryl methyl sites for hydroxylation is 2. The minimum absolute atomic E-state index is 0.106. The number of hydrogen-bond donors (Lipinski definition) is 0. The van der Waals surface area contributed by atoms with Crippen molar-refractivity contribution in [1.29, 1.82) is 0 Å². The standard InChI is InChI=1S/C24H22F3N7O3/c1-3-32-13-17(19(35)16-6-4-14(2)29-21(16)32)22(36)34-10-8-33(9-11-34)18-7-5-15(12-28-18)20-30-23(37-31-20)24(25,26)27/h4-7,12-13H,3,8-11H2,1-2H3. The number of carbonyl (C=O) groups is 1. The molecule has 1 saturated heterocycles. The summed E-state index contributed by atoms with van der Waals surface area (Å²) in [5, 5.41) is 3.77. The van der Waals surface area contributed by atoms with E-state index in [1.54, 1.807) is 39.9 Å². The van der Waals surface area contributed by atoms with Crippen LogP contribution in [0.5, 0.6) is 0 Å². The molecule has 1 aliphatic rings. The molecule has 0 radical (unpaired) electrons. The van der Waals surface area contributed by atoms with Crippen molar-refractivity contribution in [3.05, 3.63) is 64.0 Å². The Balaban J connectivity index is 1.29. The zero-order valence-corrected chi connectivity index (χ0v) is 20.0. The third kappa shape index (κ3) is 4.63. The van der Waals surface area contributed by atoms with Crippen LogP contribution in [0.15, 0.2) is 46.0 Å². The highest BCUT2D eigenvalue weighted by Gasteiger charge is 2.38. The van der Waals surface area contributed by atoms with E-state index in [1.807, 2.05) is 18.7 Å². The van der Waals surface area contributed by atoms with E-state index in [-0.39, 0.29) is 28.3 Å². The highest BCUT2D eigenvalue weighted by molar-refractivity contribution is 5.97. The lowest BCUT2D eigenvalue weighted by atomic mass is 10.1. The third-order valence-corrected chi connectivity index (χ3v) is 6.20. The molecule has 192 valence electrons. The van der Waals surface area contributed by atoms with E-state index in [4.69, 9.17) is 0 Å². The number of aromatic nitrogens is 5. The summed E-state index contributed by atoms with van der Waals surface area (Å²) in [6, 6.07) is 6.66. The summed E-state index contributed by atoms with van der Waals surface area (Å²) in [5.41, 5.74) is 1.39. The molecule has 0 aliphatic carbocycles. The van der Waals surface area contributed by atoms with Gasteiger partial charge in [-0.05, 0) is 38.1 Å². The molecule has 5 heterocycles. The van der Waals surface area contributed by atoms with Gasteiger partial charge in [0.15, 0.2) is 0 Å². The number of amides is 1. The van der Waals surface area contributed by atoms with Gasteiger partial charge in [-0.2, -0.15) is 18.2 Å². The van der Waals surface area contributed by atoms with Crippen molar-refractivity contribution < 1.29 is 22.5 Å². The molecule has 1 aliphatic heterocycles. The SMILES string of the molecule is CCn1cc(C(=O)N2CCN(c3ccc(-c4noc(C(F)(F)F)n4)cn3)CC2)c(=O)c2ccc(C)nc21. The fraction of sp³-hybridized carbons (Fsp3) is 0.333. The van der Waals surface area contributed by atoms with E-state index in [0.29, 0.717) is 49.6 Å². The molecule has 5 rings (SSSR count). The number of anilines is 1. The highest BCUT2D eigenvalue weighted by atomic mass is 19.4. The number of hydrogen-bond acceptors (Lipinski definition) is 8. The van der Waals surface area contributed by atoms with Crippen molar-refractivity contribution in [2.45, 2.75) is 26.6 Å². The maximum absolute atomic E-state index is 13.3. The Hall–Kier alpha value is -4.29. The number of rotatable bonds is 4. The minimum atomic E-state index is -4.72. The van der Waals surface area contributed by atoms with Gasteiger partial charge in [0, 0.05) is 56.4 Å². The Morgan fingerprint density at radius 1 is 1.08 bits per heavy atom. The monoisotopic (exact) mass is 513 g/mol. The normalized spacial score (nSPS) is 14.4. The summed E-state index contributed by atoms with van der Waals surface area (Å²) >= 11 is 0. The van der Waals surface area contributed by atoms with Crippen LogP contribution >= 0.6 is 0 Å². The fourth-order valence-corrected chi connectivity index (χ4v) is 4.22. The highest BCUT2D eigenvalue weighted by Crippen LogP contribution is 2.29. The molecule has 0 aromatic carbocycles. The van der Waals surface area contributed by atoms with Crippen molar-refractivity contribution in [2.24, 2.45) is 0 Å². The maximum atomic E-state index is 13.3. The lowest BCUT2D eigenvalue weighted by molar-refractivity contribution is -0.159. The van der Waals surface area contributed by atoms with E-state index in [2.05, 4.69) is 24.6 Å². The van der Waals surface area contributed by atoms with Gasteiger partial charge in [0.25, 0.3) is 5.91 Å². The Labute approximate surface area is 208 Å². The first-order valence-corrected chi connectivity index (χ1v) is 11.6. The molecule has 0 spiro atoms. The van der Waals surface area contributed by atoms with E-state index >= 15 is 0 Å². The molecule has 0 saturated carbocycles. The van der Waals surface area contributed by atoms with Crippen molar-refractivity contribution >= 4 is 22.8 Å². The molecule has 0 atom stereocenters. The van der Waals surface area contributed by atoms with Gasteiger partial charge in [0.05, 0.1) is 5.39 Å². The lowest BCUT2D eigenvalue weighted by Crippen LogP contribution is -2.49. The van der Waals surface area contributed by atoms with Crippen LogP contribution in [0, 0.1) is 6.92 Å². The van der Waals surface area contributed by atoms with Crippen LogP contribution in [0.25, 0.3) is 22.4 Å². The Morgan fingerprint density at radius 3 is 2.46 bits per heavy atom. The van der Waals surface area contributed by atoms with E-state index in [9.17, 15) is 22.8 Å². The van der Waals surface area contributed by atoms with Gasteiger partial charge in [-0.25, -0.2) is 9.97 Å². The summed E-state index contributed by atoms with van der Waals surface area (Å²) in [6.07, 6.45) is -1.77. The smallest absolute Gasteiger partial charge is 0.353 e.